The average molecular weight is 405 g/mol. The van der Waals surface area contributed by atoms with E-state index in [0.717, 1.165) is 11.1 Å². The van der Waals surface area contributed by atoms with Gasteiger partial charge in [-0.1, -0.05) is 31.2 Å². The van der Waals surface area contributed by atoms with Crippen LogP contribution in [-0.2, 0) is 17.8 Å². The Balaban J connectivity index is 1.66. The number of rotatable bonds is 8. The summed E-state index contributed by atoms with van der Waals surface area (Å²) in [5, 5.41) is 0. The third kappa shape index (κ3) is 5.35. The molecule has 0 saturated heterocycles. The minimum absolute atomic E-state index is 0.00691. The Morgan fingerprint density at radius 1 is 1.07 bits per heavy atom. The summed E-state index contributed by atoms with van der Waals surface area (Å²) in [5.41, 5.74) is 3.08. The van der Waals surface area contributed by atoms with Gasteiger partial charge >= 0.3 is 0 Å². The van der Waals surface area contributed by atoms with Gasteiger partial charge < -0.3 is 4.90 Å². The van der Waals surface area contributed by atoms with Crippen LogP contribution in [0.2, 0.25) is 0 Å². The van der Waals surface area contributed by atoms with E-state index in [1.807, 2.05) is 12.1 Å². The number of Topliss-reactive ketones (excluding diaryl/α,β-unsaturated/α-hetero) is 1. The van der Waals surface area contributed by atoms with Crippen molar-refractivity contribution in [1.29, 1.82) is 0 Å². The lowest BCUT2D eigenvalue weighted by molar-refractivity contribution is -0.130. The third-order valence-corrected chi connectivity index (χ3v) is 4.91. The normalized spacial score (nSPS) is 10.6. The number of aryl methyl sites for hydroxylation is 1. The van der Waals surface area contributed by atoms with Crippen LogP contribution in [0.15, 0.2) is 61.1 Å². The zero-order valence-electron chi connectivity index (χ0n) is 17.1. The van der Waals surface area contributed by atoms with E-state index >= 15 is 0 Å². The fraction of sp³-hybridized carbons (Fsp3) is 0.250. The summed E-state index contributed by atoms with van der Waals surface area (Å²) in [5.74, 6) is -0.445. The lowest BCUT2D eigenvalue weighted by Gasteiger charge is -2.16. The number of ketones is 1. The molecule has 0 bridgehead atoms. The standard InChI is InChI=1S/C24H24FN3O2/c1-3-24(30)28(2)16-18-6-9-20(21(25)13-18)19-8-10-22(27-15-19)23(29)11-7-17-5-4-12-26-14-17/h4-6,8-10,12-15H,3,7,11,16H2,1-2H3. The van der Waals surface area contributed by atoms with Crippen LogP contribution in [-0.4, -0.2) is 33.6 Å². The first-order valence-corrected chi connectivity index (χ1v) is 9.89. The Kier molecular flexibility index (Phi) is 7.01. The molecule has 0 N–H and O–H groups in total. The maximum Gasteiger partial charge on any atom is 0.222 e. The van der Waals surface area contributed by atoms with Crippen LogP contribution < -0.4 is 0 Å². The minimum atomic E-state index is -0.387. The molecule has 5 nitrogen and oxygen atoms in total. The van der Waals surface area contributed by atoms with Crippen LogP contribution >= 0.6 is 0 Å². The first kappa shape index (κ1) is 21.3. The zero-order chi connectivity index (χ0) is 21.5. The summed E-state index contributed by atoms with van der Waals surface area (Å²) in [4.78, 5) is 33.9. The summed E-state index contributed by atoms with van der Waals surface area (Å²) in [6.45, 7) is 2.15. The highest BCUT2D eigenvalue weighted by atomic mass is 19.1. The number of hydrogen-bond acceptors (Lipinski definition) is 4. The maximum atomic E-state index is 14.6. The number of aromatic nitrogens is 2. The number of carbonyl (C=O) groups is 2. The van der Waals surface area contributed by atoms with Crippen LogP contribution in [0.4, 0.5) is 4.39 Å². The van der Waals surface area contributed by atoms with E-state index in [0.29, 0.717) is 42.6 Å². The molecule has 0 saturated carbocycles. The van der Waals surface area contributed by atoms with E-state index in [1.54, 1.807) is 55.5 Å². The summed E-state index contributed by atoms with van der Waals surface area (Å²) >= 11 is 0. The number of amides is 1. The predicted octanol–water partition coefficient (Wildman–Crippen LogP) is 4.47. The topological polar surface area (TPSA) is 63.2 Å². The summed E-state index contributed by atoms with van der Waals surface area (Å²) in [6.07, 6.45) is 6.30. The van der Waals surface area contributed by atoms with E-state index in [9.17, 15) is 14.0 Å². The molecule has 0 atom stereocenters. The van der Waals surface area contributed by atoms with E-state index in [1.165, 1.54) is 12.3 Å². The van der Waals surface area contributed by atoms with Crippen LogP contribution in [0, 0.1) is 5.82 Å². The molecule has 154 valence electrons. The summed E-state index contributed by atoms with van der Waals surface area (Å²) < 4.78 is 14.6. The molecule has 0 spiro atoms. The molecule has 0 aliphatic rings. The first-order chi connectivity index (χ1) is 14.5. The van der Waals surface area contributed by atoms with Crippen molar-refractivity contribution in [3.8, 4) is 11.1 Å². The van der Waals surface area contributed by atoms with Crippen molar-refractivity contribution in [1.82, 2.24) is 14.9 Å². The first-order valence-electron chi connectivity index (χ1n) is 9.89. The number of pyridine rings is 2. The molecule has 0 aliphatic heterocycles. The van der Waals surface area contributed by atoms with Gasteiger partial charge in [-0.15, -0.1) is 0 Å². The summed E-state index contributed by atoms with van der Waals surface area (Å²) in [6, 6.07) is 12.0. The monoisotopic (exact) mass is 405 g/mol. The minimum Gasteiger partial charge on any atom is -0.341 e. The number of halogens is 1. The van der Waals surface area contributed by atoms with E-state index in [4.69, 9.17) is 0 Å². The molecule has 3 rings (SSSR count). The highest BCUT2D eigenvalue weighted by Gasteiger charge is 2.12. The molecule has 0 radical (unpaired) electrons. The number of carbonyl (C=O) groups excluding carboxylic acids is 2. The molecular weight excluding hydrogens is 381 g/mol. The molecule has 2 aromatic heterocycles. The molecule has 1 amide bonds. The Bertz CT molecular complexity index is 1020. The fourth-order valence-corrected chi connectivity index (χ4v) is 3.17. The van der Waals surface area contributed by atoms with Gasteiger partial charge in [0, 0.05) is 56.2 Å². The Morgan fingerprint density at radius 3 is 2.53 bits per heavy atom. The Labute approximate surface area is 175 Å². The SMILES string of the molecule is CCC(=O)N(C)Cc1ccc(-c2ccc(C(=O)CCc3cccnc3)nc2)c(F)c1. The van der Waals surface area contributed by atoms with Gasteiger partial charge in [-0.25, -0.2) is 4.39 Å². The fourth-order valence-electron chi connectivity index (χ4n) is 3.17. The highest BCUT2D eigenvalue weighted by Crippen LogP contribution is 2.24. The van der Waals surface area contributed by atoms with E-state index in [2.05, 4.69) is 9.97 Å². The maximum absolute atomic E-state index is 14.6. The van der Waals surface area contributed by atoms with Gasteiger partial charge in [0.2, 0.25) is 5.91 Å². The predicted molar refractivity (Wildman–Crippen MR) is 113 cm³/mol. The van der Waals surface area contributed by atoms with Gasteiger partial charge in [0.25, 0.3) is 0 Å². The van der Waals surface area contributed by atoms with Crippen molar-refractivity contribution in [2.24, 2.45) is 0 Å². The van der Waals surface area contributed by atoms with Gasteiger partial charge in [0.15, 0.2) is 5.78 Å². The molecule has 6 heteroatoms. The summed E-state index contributed by atoms with van der Waals surface area (Å²) in [7, 11) is 1.70. The second kappa shape index (κ2) is 9.87. The van der Waals surface area contributed by atoms with Gasteiger partial charge in [-0.3, -0.25) is 19.6 Å². The molecular formula is C24H24FN3O2. The number of benzene rings is 1. The third-order valence-electron chi connectivity index (χ3n) is 4.91. The molecule has 3 aromatic rings. The molecule has 2 heterocycles. The van der Waals surface area contributed by atoms with Crippen LogP contribution in [0.3, 0.4) is 0 Å². The van der Waals surface area contributed by atoms with Gasteiger partial charge in [-0.05, 0) is 35.7 Å². The number of hydrogen-bond donors (Lipinski definition) is 0. The molecule has 0 aliphatic carbocycles. The van der Waals surface area contributed by atoms with Gasteiger partial charge in [0.05, 0.1) is 0 Å². The van der Waals surface area contributed by atoms with Crippen molar-refractivity contribution in [2.75, 3.05) is 7.05 Å². The molecule has 30 heavy (non-hydrogen) atoms. The van der Waals surface area contributed by atoms with E-state index in [-0.39, 0.29) is 17.5 Å². The average Bonchev–Trinajstić information content (AvgIpc) is 2.78. The lowest BCUT2D eigenvalue weighted by Crippen LogP contribution is -2.25. The highest BCUT2D eigenvalue weighted by molar-refractivity contribution is 5.94. The largest absolute Gasteiger partial charge is 0.341 e. The Hall–Kier alpha value is -3.41. The second-order valence-electron chi connectivity index (χ2n) is 7.13. The zero-order valence-corrected chi connectivity index (χ0v) is 17.1. The smallest absolute Gasteiger partial charge is 0.222 e. The molecule has 1 aromatic carbocycles. The van der Waals surface area contributed by atoms with Crippen LogP contribution in [0.25, 0.3) is 11.1 Å². The van der Waals surface area contributed by atoms with Crippen molar-refractivity contribution in [3.05, 3.63) is 83.7 Å². The van der Waals surface area contributed by atoms with Gasteiger partial charge in [-0.2, -0.15) is 0 Å². The van der Waals surface area contributed by atoms with Crippen molar-refractivity contribution < 1.29 is 14.0 Å². The number of nitrogens with zero attached hydrogens (tertiary/aromatic N) is 3. The van der Waals surface area contributed by atoms with Crippen molar-refractivity contribution >= 4 is 11.7 Å². The van der Waals surface area contributed by atoms with Gasteiger partial charge in [0.1, 0.15) is 11.5 Å². The van der Waals surface area contributed by atoms with Crippen LogP contribution in [0.5, 0.6) is 0 Å². The van der Waals surface area contributed by atoms with E-state index < -0.39 is 0 Å². The lowest BCUT2D eigenvalue weighted by atomic mass is 10.0. The molecule has 0 unspecified atom stereocenters. The second-order valence-corrected chi connectivity index (χ2v) is 7.13. The quantitative estimate of drug-likeness (QED) is 0.519. The van der Waals surface area contributed by atoms with Crippen molar-refractivity contribution in [3.63, 3.8) is 0 Å². The Morgan fingerprint density at radius 2 is 1.90 bits per heavy atom. The molecule has 0 fully saturated rings. The van der Waals surface area contributed by atoms with Crippen molar-refractivity contribution in [2.45, 2.75) is 32.7 Å². The van der Waals surface area contributed by atoms with Crippen LogP contribution in [0.1, 0.15) is 41.4 Å².